The Morgan fingerprint density at radius 1 is 1.24 bits per heavy atom. The molecule has 1 heterocycles. The van der Waals surface area contributed by atoms with Gasteiger partial charge in [-0.1, -0.05) is 18.2 Å². The van der Waals surface area contributed by atoms with Crippen molar-refractivity contribution in [1.29, 1.82) is 0 Å². The molecule has 1 aromatic heterocycles. The number of nitrogens with one attached hydrogen (secondary N) is 2. The van der Waals surface area contributed by atoms with Crippen LogP contribution in [0.5, 0.6) is 0 Å². The summed E-state index contributed by atoms with van der Waals surface area (Å²) in [7, 11) is 0. The summed E-state index contributed by atoms with van der Waals surface area (Å²) in [6, 6.07) is 7.43. The summed E-state index contributed by atoms with van der Waals surface area (Å²) in [5.74, 6) is 0.971. The minimum atomic E-state index is 0.409. The third-order valence-corrected chi connectivity index (χ3v) is 4.38. The van der Waals surface area contributed by atoms with E-state index in [9.17, 15) is 0 Å². The molecule has 1 unspecified atom stereocenters. The van der Waals surface area contributed by atoms with Crippen molar-refractivity contribution >= 4 is 0 Å². The highest BCUT2D eigenvalue weighted by molar-refractivity contribution is 5.35. The Kier molecular flexibility index (Phi) is 4.65. The van der Waals surface area contributed by atoms with Crippen LogP contribution < -0.4 is 5.32 Å². The highest BCUT2D eigenvalue weighted by atomic mass is 15.2. The summed E-state index contributed by atoms with van der Waals surface area (Å²) < 4.78 is 0. The molecule has 2 aromatic rings. The number of aryl methyl sites for hydroxylation is 3. The van der Waals surface area contributed by atoms with Gasteiger partial charge in [0, 0.05) is 12.5 Å². The lowest BCUT2D eigenvalue weighted by molar-refractivity contribution is 0.553. The number of hydrogen-bond acceptors (Lipinski definition) is 3. The number of fused-ring (bicyclic) bond motifs is 1. The van der Waals surface area contributed by atoms with Crippen LogP contribution in [0.1, 0.15) is 54.7 Å². The first kappa shape index (κ1) is 14.3. The van der Waals surface area contributed by atoms with Crippen LogP contribution in [0.15, 0.2) is 24.5 Å². The lowest BCUT2D eigenvalue weighted by Gasteiger charge is -2.20. The van der Waals surface area contributed by atoms with Crippen molar-refractivity contribution in [2.75, 3.05) is 6.54 Å². The fourth-order valence-electron chi connectivity index (χ4n) is 3.07. The van der Waals surface area contributed by atoms with Gasteiger partial charge in [-0.3, -0.25) is 5.10 Å². The van der Waals surface area contributed by atoms with E-state index in [4.69, 9.17) is 0 Å². The third kappa shape index (κ3) is 3.70. The molecule has 0 aliphatic heterocycles. The van der Waals surface area contributed by atoms with E-state index in [0.29, 0.717) is 6.04 Å². The van der Waals surface area contributed by atoms with Gasteiger partial charge >= 0.3 is 0 Å². The van der Waals surface area contributed by atoms with Gasteiger partial charge in [0.25, 0.3) is 0 Å². The third-order valence-electron chi connectivity index (χ3n) is 4.38. The highest BCUT2D eigenvalue weighted by Crippen LogP contribution is 2.24. The Morgan fingerprint density at radius 3 is 2.90 bits per heavy atom. The van der Waals surface area contributed by atoms with Crippen LogP contribution in [0.2, 0.25) is 0 Å². The zero-order valence-electron chi connectivity index (χ0n) is 12.7. The van der Waals surface area contributed by atoms with E-state index in [-0.39, 0.29) is 0 Å². The molecule has 0 spiro atoms. The zero-order valence-corrected chi connectivity index (χ0v) is 12.7. The summed E-state index contributed by atoms with van der Waals surface area (Å²) in [6.45, 7) is 3.25. The SMILES string of the molecule is CC(NCCCc1ncn[nH]1)c1ccc2c(c1)CCCC2. The predicted octanol–water partition coefficient (Wildman–Crippen LogP) is 2.97. The molecule has 3 rings (SSSR count). The number of H-pyrrole nitrogens is 1. The van der Waals surface area contributed by atoms with Gasteiger partial charge in [-0.25, -0.2) is 4.98 Å². The second-order valence-corrected chi connectivity index (χ2v) is 5.95. The Bertz CT molecular complexity index is 562. The van der Waals surface area contributed by atoms with Crippen molar-refractivity contribution in [2.45, 2.75) is 51.5 Å². The van der Waals surface area contributed by atoms with E-state index in [1.807, 2.05) is 0 Å². The van der Waals surface area contributed by atoms with Crippen LogP contribution in [-0.2, 0) is 19.3 Å². The molecule has 0 radical (unpaired) electrons. The van der Waals surface area contributed by atoms with Gasteiger partial charge in [-0.15, -0.1) is 0 Å². The minimum absolute atomic E-state index is 0.409. The Balaban J connectivity index is 1.49. The molecule has 1 aliphatic rings. The minimum Gasteiger partial charge on any atom is -0.310 e. The molecule has 2 N–H and O–H groups in total. The van der Waals surface area contributed by atoms with Crippen molar-refractivity contribution in [2.24, 2.45) is 0 Å². The summed E-state index contributed by atoms with van der Waals surface area (Å²) in [6.07, 6.45) is 8.79. The maximum Gasteiger partial charge on any atom is 0.137 e. The van der Waals surface area contributed by atoms with Crippen molar-refractivity contribution in [3.63, 3.8) is 0 Å². The van der Waals surface area contributed by atoms with Crippen LogP contribution in [0, 0.1) is 0 Å². The first-order chi connectivity index (χ1) is 10.3. The standard InChI is InChI=1S/C17H24N4/c1-13(18-10-4-7-17-19-12-20-21-17)15-9-8-14-5-2-3-6-16(14)11-15/h8-9,11-13,18H,2-7,10H2,1H3,(H,19,20,21). The predicted molar refractivity (Wildman–Crippen MR) is 84.2 cm³/mol. The van der Waals surface area contributed by atoms with E-state index in [2.05, 4.69) is 45.6 Å². The van der Waals surface area contributed by atoms with E-state index in [1.165, 1.54) is 31.2 Å². The number of aromatic nitrogens is 3. The first-order valence-electron chi connectivity index (χ1n) is 8.02. The number of aromatic amines is 1. The van der Waals surface area contributed by atoms with E-state index < -0.39 is 0 Å². The average Bonchev–Trinajstić information content (AvgIpc) is 3.04. The monoisotopic (exact) mass is 284 g/mol. The van der Waals surface area contributed by atoms with Crippen LogP contribution in [0.4, 0.5) is 0 Å². The molecule has 0 saturated carbocycles. The van der Waals surface area contributed by atoms with Crippen molar-refractivity contribution in [3.8, 4) is 0 Å². The normalized spacial score (nSPS) is 15.7. The van der Waals surface area contributed by atoms with Gasteiger partial charge in [-0.2, -0.15) is 5.10 Å². The largest absolute Gasteiger partial charge is 0.310 e. The van der Waals surface area contributed by atoms with Gasteiger partial charge in [0.2, 0.25) is 0 Å². The fraction of sp³-hybridized carbons (Fsp3) is 0.529. The molecular weight excluding hydrogens is 260 g/mol. The second-order valence-electron chi connectivity index (χ2n) is 5.95. The van der Waals surface area contributed by atoms with E-state index in [1.54, 1.807) is 17.5 Å². The highest BCUT2D eigenvalue weighted by Gasteiger charge is 2.12. The topological polar surface area (TPSA) is 53.6 Å². The van der Waals surface area contributed by atoms with Crippen LogP contribution in [0.25, 0.3) is 0 Å². The van der Waals surface area contributed by atoms with Crippen molar-refractivity contribution in [3.05, 3.63) is 47.0 Å². The molecule has 0 saturated heterocycles. The quantitative estimate of drug-likeness (QED) is 0.802. The number of hydrogen-bond donors (Lipinski definition) is 2. The van der Waals surface area contributed by atoms with Crippen LogP contribution in [0.3, 0.4) is 0 Å². The molecule has 0 amide bonds. The maximum absolute atomic E-state index is 4.14. The zero-order chi connectivity index (χ0) is 14.5. The van der Waals surface area contributed by atoms with Crippen LogP contribution >= 0.6 is 0 Å². The molecular formula is C17H24N4. The van der Waals surface area contributed by atoms with Crippen molar-refractivity contribution < 1.29 is 0 Å². The maximum atomic E-state index is 4.14. The molecule has 1 atom stereocenters. The molecule has 112 valence electrons. The molecule has 21 heavy (non-hydrogen) atoms. The van der Waals surface area contributed by atoms with Gasteiger partial charge in [-0.05, 0) is 62.3 Å². The van der Waals surface area contributed by atoms with Gasteiger partial charge < -0.3 is 5.32 Å². The Hall–Kier alpha value is -1.68. The molecule has 1 aromatic carbocycles. The Morgan fingerprint density at radius 2 is 2.10 bits per heavy atom. The Labute approximate surface area is 126 Å². The first-order valence-corrected chi connectivity index (χ1v) is 8.02. The molecule has 4 heteroatoms. The molecule has 1 aliphatic carbocycles. The number of benzene rings is 1. The summed E-state index contributed by atoms with van der Waals surface area (Å²) in [4.78, 5) is 4.14. The van der Waals surface area contributed by atoms with Gasteiger partial charge in [0.1, 0.15) is 12.2 Å². The van der Waals surface area contributed by atoms with Gasteiger partial charge in [0.15, 0.2) is 0 Å². The van der Waals surface area contributed by atoms with E-state index >= 15 is 0 Å². The smallest absolute Gasteiger partial charge is 0.137 e. The van der Waals surface area contributed by atoms with Gasteiger partial charge in [0.05, 0.1) is 0 Å². The lowest BCUT2D eigenvalue weighted by atomic mass is 9.89. The van der Waals surface area contributed by atoms with Crippen LogP contribution in [-0.4, -0.2) is 21.7 Å². The average molecular weight is 284 g/mol. The van der Waals surface area contributed by atoms with Crippen molar-refractivity contribution in [1.82, 2.24) is 20.5 Å². The number of rotatable bonds is 6. The fourth-order valence-corrected chi connectivity index (χ4v) is 3.07. The molecule has 4 nitrogen and oxygen atoms in total. The summed E-state index contributed by atoms with van der Waals surface area (Å²) >= 11 is 0. The molecule has 0 bridgehead atoms. The summed E-state index contributed by atoms with van der Waals surface area (Å²) in [5.41, 5.74) is 4.53. The lowest BCUT2D eigenvalue weighted by Crippen LogP contribution is -2.21. The van der Waals surface area contributed by atoms with E-state index in [0.717, 1.165) is 25.2 Å². The second kappa shape index (κ2) is 6.85. The number of nitrogens with zero attached hydrogens (tertiary/aromatic N) is 2. The summed E-state index contributed by atoms with van der Waals surface area (Å²) in [5, 5.41) is 10.4. The molecule has 0 fully saturated rings.